The molecule has 688 valence electrons. The summed E-state index contributed by atoms with van der Waals surface area (Å²) in [6, 6.07) is 70.4. The molecule has 11 aromatic carbocycles. The van der Waals surface area contributed by atoms with Gasteiger partial charge < -0.3 is 114 Å². The lowest BCUT2D eigenvalue weighted by molar-refractivity contribution is 0.252. The van der Waals surface area contributed by atoms with E-state index in [1.165, 1.54) is 33.4 Å². The van der Waals surface area contributed by atoms with Crippen molar-refractivity contribution in [3.63, 3.8) is 0 Å². The predicted molar refractivity (Wildman–Crippen MR) is 491 cm³/mol. The number of benzene rings is 11. The molecule has 12 fully saturated rings. The number of epoxide rings is 12. The molecule has 23 rings (SSSR count). The quantitative estimate of drug-likeness (QED) is 0.0322. The van der Waals surface area contributed by atoms with E-state index in [1.807, 2.05) is 84.9 Å². The third-order valence-electron chi connectivity index (χ3n) is 23.9. The molecule has 0 bridgehead atoms. The van der Waals surface area contributed by atoms with Gasteiger partial charge in [0.25, 0.3) is 0 Å². The Hall–Kier alpha value is -10.9. The number of hydrogen-bond acceptors (Lipinski definition) is 24. The van der Waals surface area contributed by atoms with Crippen molar-refractivity contribution in [2.24, 2.45) is 0 Å². The van der Waals surface area contributed by atoms with Gasteiger partial charge in [0.1, 0.15) is 222 Å². The fourth-order valence-corrected chi connectivity index (χ4v) is 15.0. The second-order valence-corrected chi connectivity index (χ2v) is 35.7. The van der Waals surface area contributed by atoms with Crippen LogP contribution in [0.3, 0.4) is 0 Å². The summed E-state index contributed by atoms with van der Waals surface area (Å²) < 4.78 is 133. The smallest absolute Gasteiger partial charge is 0.125 e. The fraction of sp³-hybridized carbons (Fsp3) is 0.421. The lowest BCUT2D eigenvalue weighted by atomic mass is 9.78. The van der Waals surface area contributed by atoms with E-state index in [-0.39, 0.29) is 66.5 Å². The maximum Gasteiger partial charge on any atom is 0.125 e. The Kier molecular flexibility index (Phi) is 28.5. The Morgan fingerprint density at radius 3 is 0.740 bits per heavy atom. The molecule has 12 unspecified atom stereocenters. The van der Waals surface area contributed by atoms with Gasteiger partial charge in [-0.3, -0.25) is 0 Å². The molecule has 24 heteroatoms. The zero-order valence-electron chi connectivity index (χ0n) is 75.2. The van der Waals surface area contributed by atoms with Crippen LogP contribution in [0.1, 0.15) is 69.5 Å². The van der Waals surface area contributed by atoms with Crippen molar-refractivity contribution in [3.05, 3.63) is 262 Å². The van der Waals surface area contributed by atoms with Gasteiger partial charge in [0.2, 0.25) is 0 Å². The van der Waals surface area contributed by atoms with Crippen LogP contribution in [0.25, 0.3) is 32.7 Å². The van der Waals surface area contributed by atoms with Crippen molar-refractivity contribution >= 4 is 21.5 Å². The van der Waals surface area contributed by atoms with Gasteiger partial charge in [-0.1, -0.05) is 92.7 Å². The summed E-state index contributed by atoms with van der Waals surface area (Å²) in [7, 11) is 0. The van der Waals surface area contributed by atoms with E-state index >= 15 is 0 Å². The van der Waals surface area contributed by atoms with Crippen LogP contribution in [0, 0.1) is 27.7 Å². The van der Waals surface area contributed by atoms with E-state index in [2.05, 4.69) is 163 Å². The third-order valence-corrected chi connectivity index (χ3v) is 23.9. The molecule has 11 aromatic rings. The van der Waals surface area contributed by atoms with Crippen LogP contribution < -0.4 is 56.8 Å². The first kappa shape index (κ1) is 89.3. The molecule has 0 aliphatic carbocycles. The van der Waals surface area contributed by atoms with E-state index in [1.54, 1.807) is 0 Å². The largest absolute Gasteiger partial charge is 0.491 e. The molecular weight excluding hydrogens is 1670 g/mol. The van der Waals surface area contributed by atoms with Crippen LogP contribution in [0.2, 0.25) is 0 Å². The predicted octanol–water partition coefficient (Wildman–Crippen LogP) is 16.5. The zero-order chi connectivity index (χ0) is 89.0. The molecule has 0 amide bonds. The van der Waals surface area contributed by atoms with E-state index < -0.39 is 0 Å². The minimum absolute atomic E-state index is 0.0870. The van der Waals surface area contributed by atoms with Gasteiger partial charge in [-0.2, -0.15) is 0 Å². The van der Waals surface area contributed by atoms with Gasteiger partial charge in [-0.05, 0) is 233 Å². The molecule has 0 radical (unpaired) electrons. The Balaban J connectivity index is 0.000000110. The summed E-state index contributed by atoms with van der Waals surface area (Å²) in [6.45, 7) is 29.6. The summed E-state index contributed by atoms with van der Waals surface area (Å²) in [5.41, 5.74) is 14.1. The van der Waals surface area contributed by atoms with Crippen LogP contribution in [0.15, 0.2) is 206 Å². The van der Waals surface area contributed by atoms with E-state index in [0.717, 1.165) is 210 Å². The minimum atomic E-state index is -0.0870. The number of ether oxygens (including phenoxy) is 24. The molecule has 12 saturated heterocycles. The van der Waals surface area contributed by atoms with Gasteiger partial charge in [-0.15, -0.1) is 0 Å². The standard InChI is InChI=1S/C33H32O8.C22H26O4.C21H24O4.C19H20O4.C12H14O4/c1-5-22(34-12-24-14-36-24)9-28-20(1)3-7-32(40-18-26-16-38-26)30(28)11-31-29-10-23(35-13-25-15-37-25)6-2-21(29)4-8-33(31)41-19-27-17-39-27;1-13-5-17(6-14(2)21(13)25-11-19-9-23-19)18-7-15(3)22(16(4)8-18)26-12-20-10-24-20;1-21(2,15-3-7-17(8-4-15)22-11-19-13-24-19)16-5-9-18(10-6-16)23-12-20-14-25-20;1-5-16(20-10-18-12-22-18)6-2-14(1)9-15-3-7-17(8-4-15)21-11-19-13-23-19;1-2-9(13-5-11-7-15-11)4-10(3-1)14-6-12-8-16-12/h1-10,24-27H,11-19H2;5-8,19-20H,9-12H2,1-4H3;3-10,19-20H,11-14H2,1-2H3;1-8,18-19H,9-13H2;1-4,11-12H,5-8H2. The molecule has 12 atom stereocenters. The van der Waals surface area contributed by atoms with Crippen molar-refractivity contribution in [1.29, 1.82) is 0 Å². The Labute approximate surface area is 764 Å². The molecule has 12 heterocycles. The summed E-state index contributed by atoms with van der Waals surface area (Å²) in [4.78, 5) is 0. The number of aryl methyl sites for hydroxylation is 4. The normalized spacial score (nSPS) is 22.7. The summed E-state index contributed by atoms with van der Waals surface area (Å²) >= 11 is 0. The first-order valence-corrected chi connectivity index (χ1v) is 45.9. The maximum absolute atomic E-state index is 6.36. The van der Waals surface area contributed by atoms with Gasteiger partial charge in [0.15, 0.2) is 0 Å². The second kappa shape index (κ2) is 41.9. The zero-order valence-corrected chi connectivity index (χ0v) is 75.2. The van der Waals surface area contributed by atoms with Crippen molar-refractivity contribution in [1.82, 2.24) is 0 Å². The highest BCUT2D eigenvalue weighted by Gasteiger charge is 2.33. The van der Waals surface area contributed by atoms with Gasteiger partial charge >= 0.3 is 0 Å². The lowest BCUT2D eigenvalue weighted by Crippen LogP contribution is -2.18. The van der Waals surface area contributed by atoms with Crippen molar-refractivity contribution in [2.45, 2.75) is 133 Å². The lowest BCUT2D eigenvalue weighted by Gasteiger charge is -2.26. The molecule has 0 N–H and O–H groups in total. The molecule has 0 saturated carbocycles. The number of fused-ring (bicyclic) bond motifs is 2. The van der Waals surface area contributed by atoms with Crippen molar-refractivity contribution < 1.29 is 114 Å². The van der Waals surface area contributed by atoms with Crippen LogP contribution in [-0.4, -0.2) is 232 Å². The molecule has 24 nitrogen and oxygen atoms in total. The first-order valence-electron chi connectivity index (χ1n) is 45.9. The van der Waals surface area contributed by atoms with Gasteiger partial charge in [0, 0.05) is 29.0 Å². The number of rotatable bonds is 43. The Morgan fingerprint density at radius 2 is 0.466 bits per heavy atom. The molecule has 12 aliphatic heterocycles. The molecule has 0 aromatic heterocycles. The molecule has 12 aliphatic rings. The average molecular weight is 1790 g/mol. The van der Waals surface area contributed by atoms with Crippen LogP contribution in [-0.2, 0) is 75.1 Å². The molecular formula is C107H116O24. The number of hydrogen-bond donors (Lipinski definition) is 0. The van der Waals surface area contributed by atoms with E-state index in [0.29, 0.717) is 97.9 Å². The molecule has 0 spiro atoms. The fourth-order valence-electron chi connectivity index (χ4n) is 15.0. The van der Waals surface area contributed by atoms with E-state index in [9.17, 15) is 0 Å². The highest BCUT2D eigenvalue weighted by Crippen LogP contribution is 2.42. The molecule has 131 heavy (non-hydrogen) atoms. The van der Waals surface area contributed by atoms with Gasteiger partial charge in [0.05, 0.1) is 79.3 Å². The average Bonchev–Trinajstić information content (AvgIpc) is 1.52. The van der Waals surface area contributed by atoms with E-state index in [4.69, 9.17) is 114 Å². The van der Waals surface area contributed by atoms with Crippen LogP contribution >= 0.6 is 0 Å². The Bertz CT molecular complexity index is 5210. The van der Waals surface area contributed by atoms with Crippen molar-refractivity contribution in [2.75, 3.05) is 159 Å². The monoisotopic (exact) mass is 1780 g/mol. The Morgan fingerprint density at radius 1 is 0.237 bits per heavy atom. The highest BCUT2D eigenvalue weighted by molar-refractivity contribution is 5.93. The summed E-state index contributed by atoms with van der Waals surface area (Å²) in [5, 5.41) is 4.40. The SMILES string of the molecule is CC(C)(c1ccc(OCC2CO2)cc1)c1ccc(OCC2CO2)cc1.Cc1cc(-c2cc(C)c(OCC3CO3)c(C)c2)cc(C)c1OCC1CO1.c1cc(OCC2CO2)cc(OCC2CO2)c1.c1cc(OCC2CO2)ccc1Cc1ccc(OCC2CO2)cc1.c1cc2ccc(OCC3CO3)c(Cc3c(OCC4CO4)ccc4ccc(OCC5CO5)cc34)c2cc1OCC1CO1. The third kappa shape index (κ3) is 27.6. The topological polar surface area (TPSA) is 261 Å². The first-order chi connectivity index (χ1) is 64.1. The maximum atomic E-state index is 6.36. The van der Waals surface area contributed by atoms with Gasteiger partial charge in [-0.25, -0.2) is 0 Å². The van der Waals surface area contributed by atoms with Crippen LogP contribution in [0.5, 0.6) is 69.0 Å². The minimum Gasteiger partial charge on any atom is -0.491 e. The van der Waals surface area contributed by atoms with Crippen LogP contribution in [0.4, 0.5) is 0 Å². The summed E-state index contributed by atoms with van der Waals surface area (Å²) in [6.07, 6.45) is 4.43. The summed E-state index contributed by atoms with van der Waals surface area (Å²) in [5.74, 6) is 10.5. The van der Waals surface area contributed by atoms with Crippen molar-refractivity contribution in [3.8, 4) is 80.1 Å². The highest BCUT2D eigenvalue weighted by atomic mass is 16.7. The second-order valence-electron chi connectivity index (χ2n) is 35.7.